The Morgan fingerprint density at radius 3 is 1.66 bits per heavy atom. The molecule has 0 fully saturated rings. The van der Waals surface area contributed by atoms with E-state index in [1.165, 1.54) is 66.0 Å². The number of anilines is 3. The van der Waals surface area contributed by atoms with Crippen molar-refractivity contribution in [1.82, 2.24) is 4.57 Å². The second-order valence-electron chi connectivity index (χ2n) is 18.8. The molecule has 14 rings (SSSR count). The highest BCUT2D eigenvalue weighted by molar-refractivity contribution is 6.18. The molecule has 0 atom stereocenters. The Morgan fingerprint density at radius 1 is 0.301 bits per heavy atom. The zero-order valence-electron chi connectivity index (χ0n) is 39.9. The van der Waals surface area contributed by atoms with Crippen LogP contribution >= 0.6 is 0 Å². The van der Waals surface area contributed by atoms with E-state index in [4.69, 9.17) is 4.42 Å². The van der Waals surface area contributed by atoms with Gasteiger partial charge in [-0.1, -0.05) is 206 Å². The fourth-order valence-electron chi connectivity index (χ4n) is 11.3. The van der Waals surface area contributed by atoms with E-state index in [0.717, 1.165) is 66.9 Å². The van der Waals surface area contributed by atoms with Gasteiger partial charge in [-0.25, -0.2) is 0 Å². The molecule has 0 bridgehead atoms. The van der Waals surface area contributed by atoms with Crippen LogP contribution in [0.4, 0.5) is 17.1 Å². The van der Waals surface area contributed by atoms with Crippen molar-refractivity contribution in [3.8, 4) is 61.3 Å². The third-order valence-corrected chi connectivity index (χ3v) is 14.6. The maximum absolute atomic E-state index is 6.84. The first-order valence-corrected chi connectivity index (χ1v) is 25.0. The summed E-state index contributed by atoms with van der Waals surface area (Å²) in [4.78, 5) is 2.39. The summed E-state index contributed by atoms with van der Waals surface area (Å²) in [6.45, 7) is 0. The second kappa shape index (κ2) is 17.6. The van der Waals surface area contributed by atoms with E-state index in [1.54, 1.807) is 0 Å². The Balaban J connectivity index is 0.910. The number of rotatable bonds is 9. The topological polar surface area (TPSA) is 21.3 Å². The van der Waals surface area contributed by atoms with E-state index >= 15 is 0 Å². The summed E-state index contributed by atoms with van der Waals surface area (Å²) in [5.74, 6) is 0. The molecule has 0 saturated heterocycles. The Hall–Kier alpha value is -9.70. The predicted molar refractivity (Wildman–Crippen MR) is 307 cm³/mol. The number of hydrogen-bond donors (Lipinski definition) is 0. The van der Waals surface area contributed by atoms with Crippen molar-refractivity contribution < 1.29 is 4.42 Å². The average molecular weight is 931 g/mol. The molecule has 3 heteroatoms. The minimum Gasteiger partial charge on any atom is -0.455 e. The van der Waals surface area contributed by atoms with Gasteiger partial charge < -0.3 is 13.9 Å². The Bertz CT molecular complexity index is 4350. The first-order valence-electron chi connectivity index (χ1n) is 25.0. The maximum Gasteiger partial charge on any atom is 0.145 e. The molecule has 2 heterocycles. The molecule has 342 valence electrons. The predicted octanol–water partition coefficient (Wildman–Crippen LogP) is 19.6. The van der Waals surface area contributed by atoms with Gasteiger partial charge in [0, 0.05) is 38.8 Å². The van der Waals surface area contributed by atoms with Crippen molar-refractivity contribution in [2.24, 2.45) is 0 Å². The summed E-state index contributed by atoms with van der Waals surface area (Å²) in [6.07, 6.45) is 0. The first-order chi connectivity index (χ1) is 36.2. The van der Waals surface area contributed by atoms with Crippen LogP contribution < -0.4 is 4.90 Å². The molecule has 12 aromatic carbocycles. The maximum atomic E-state index is 6.84. The average Bonchev–Trinajstić information content (AvgIpc) is 4.03. The summed E-state index contributed by atoms with van der Waals surface area (Å²) in [7, 11) is 0. The summed E-state index contributed by atoms with van der Waals surface area (Å²) in [5, 5.41) is 7.12. The van der Waals surface area contributed by atoms with E-state index in [1.807, 2.05) is 0 Å². The smallest absolute Gasteiger partial charge is 0.145 e. The number of benzene rings is 12. The van der Waals surface area contributed by atoms with Crippen molar-refractivity contribution in [2.75, 3.05) is 4.90 Å². The van der Waals surface area contributed by atoms with Crippen molar-refractivity contribution >= 4 is 71.6 Å². The zero-order chi connectivity index (χ0) is 48.2. The molecule has 0 radical (unpaired) electrons. The van der Waals surface area contributed by atoms with Gasteiger partial charge in [0.15, 0.2) is 0 Å². The highest BCUT2D eigenvalue weighted by atomic mass is 16.3. The number of furan rings is 1. The van der Waals surface area contributed by atoms with Crippen LogP contribution in [0.3, 0.4) is 0 Å². The van der Waals surface area contributed by atoms with Crippen LogP contribution in [0.2, 0.25) is 0 Å². The van der Waals surface area contributed by atoms with Gasteiger partial charge in [-0.05, 0) is 134 Å². The van der Waals surface area contributed by atoms with E-state index in [-0.39, 0.29) is 0 Å². The largest absolute Gasteiger partial charge is 0.455 e. The van der Waals surface area contributed by atoms with Gasteiger partial charge in [-0.15, -0.1) is 0 Å². The standard InChI is InChI=1S/C70H46N2O/c1-3-18-49(19-4-1)59-44-45-66(69-63-30-12-14-35-67(63)73-70(59)69)71(54-40-36-47(37-41-54)51-22-15-23-52(46-51)58-31-16-21-48-20-7-8-26-56(48)58)55-42-38-50(39-43-55)57-27-9-10-28-60(57)61-32-17-34-65-68(61)62-29-11-13-33-64(62)72(65)53-24-5-2-6-25-53/h1-46H. The van der Waals surface area contributed by atoms with Gasteiger partial charge >= 0.3 is 0 Å². The van der Waals surface area contributed by atoms with Crippen LogP contribution in [-0.4, -0.2) is 4.57 Å². The van der Waals surface area contributed by atoms with Gasteiger partial charge in [0.2, 0.25) is 0 Å². The van der Waals surface area contributed by atoms with E-state index in [0.29, 0.717) is 0 Å². The van der Waals surface area contributed by atoms with Gasteiger partial charge in [0.05, 0.1) is 22.1 Å². The lowest BCUT2D eigenvalue weighted by molar-refractivity contribution is 0.670. The highest BCUT2D eigenvalue weighted by Crippen LogP contribution is 2.48. The second-order valence-corrected chi connectivity index (χ2v) is 18.8. The van der Waals surface area contributed by atoms with Gasteiger partial charge in [0.1, 0.15) is 11.2 Å². The van der Waals surface area contributed by atoms with E-state index < -0.39 is 0 Å². The van der Waals surface area contributed by atoms with Crippen molar-refractivity contribution in [3.63, 3.8) is 0 Å². The SMILES string of the molecule is c1ccc(-c2ccc(N(c3ccc(-c4cccc(-c5cccc6ccccc56)c4)cc3)c3ccc(-c4ccccc4-c4cccc5c4c4ccccc4n5-c4ccccc4)cc3)c3c2oc2ccccc23)cc1. The summed E-state index contributed by atoms with van der Waals surface area (Å²) in [5.41, 5.74) is 20.0. The van der Waals surface area contributed by atoms with Crippen LogP contribution in [0.15, 0.2) is 283 Å². The van der Waals surface area contributed by atoms with Crippen molar-refractivity contribution in [2.45, 2.75) is 0 Å². The molecule has 0 unspecified atom stereocenters. The van der Waals surface area contributed by atoms with Crippen molar-refractivity contribution in [1.29, 1.82) is 0 Å². The molecule has 0 spiro atoms. The molecule has 3 nitrogen and oxygen atoms in total. The van der Waals surface area contributed by atoms with Gasteiger partial charge in [-0.3, -0.25) is 0 Å². The Morgan fingerprint density at radius 2 is 0.849 bits per heavy atom. The molecule has 0 aliphatic carbocycles. The molecule has 0 N–H and O–H groups in total. The van der Waals surface area contributed by atoms with Crippen LogP contribution in [0.5, 0.6) is 0 Å². The van der Waals surface area contributed by atoms with Crippen molar-refractivity contribution in [3.05, 3.63) is 279 Å². The molecule has 73 heavy (non-hydrogen) atoms. The monoisotopic (exact) mass is 930 g/mol. The third-order valence-electron chi connectivity index (χ3n) is 14.6. The lowest BCUT2D eigenvalue weighted by atomic mass is 9.91. The molecule has 0 amide bonds. The normalized spacial score (nSPS) is 11.6. The summed E-state index contributed by atoms with van der Waals surface area (Å²) >= 11 is 0. The number of hydrogen-bond acceptors (Lipinski definition) is 2. The van der Waals surface area contributed by atoms with Gasteiger partial charge in [-0.2, -0.15) is 0 Å². The lowest BCUT2D eigenvalue weighted by Crippen LogP contribution is -2.10. The summed E-state index contributed by atoms with van der Waals surface area (Å²) in [6, 6.07) is 101. The molecule has 0 saturated carbocycles. The van der Waals surface area contributed by atoms with Crippen LogP contribution in [0.25, 0.3) is 116 Å². The number of aromatic nitrogens is 1. The quantitative estimate of drug-likeness (QED) is 0.144. The molecule has 14 aromatic rings. The highest BCUT2D eigenvalue weighted by Gasteiger charge is 2.23. The van der Waals surface area contributed by atoms with E-state index in [2.05, 4.69) is 289 Å². The van der Waals surface area contributed by atoms with Gasteiger partial charge in [0.25, 0.3) is 0 Å². The minimum absolute atomic E-state index is 0.859. The zero-order valence-corrected chi connectivity index (χ0v) is 39.9. The van der Waals surface area contributed by atoms with Crippen LogP contribution in [0.1, 0.15) is 0 Å². The van der Waals surface area contributed by atoms with E-state index in [9.17, 15) is 0 Å². The molecular weight excluding hydrogens is 885 g/mol. The minimum atomic E-state index is 0.859. The molecule has 2 aromatic heterocycles. The number of nitrogens with zero attached hydrogens (tertiary/aromatic N) is 2. The van der Waals surface area contributed by atoms with Crippen LogP contribution in [0, 0.1) is 0 Å². The first kappa shape index (κ1) is 42.2. The molecule has 0 aliphatic rings. The molecular formula is C70H46N2O. The van der Waals surface area contributed by atoms with Crippen LogP contribution in [-0.2, 0) is 0 Å². The molecule has 0 aliphatic heterocycles. The number of para-hydroxylation sites is 3. The Kier molecular flexibility index (Phi) is 10.2. The lowest BCUT2D eigenvalue weighted by Gasteiger charge is -2.27. The summed E-state index contributed by atoms with van der Waals surface area (Å²) < 4.78 is 9.23. The fraction of sp³-hybridized carbons (Fsp3) is 0. The number of fused-ring (bicyclic) bond motifs is 7. The fourth-order valence-corrected chi connectivity index (χ4v) is 11.3. The Labute approximate surface area is 423 Å². The third kappa shape index (κ3) is 7.21.